The first-order chi connectivity index (χ1) is 8.19. The normalized spacial score (nSPS) is 18.7. The highest BCUT2D eigenvalue weighted by atomic mass is 79.9. The van der Waals surface area contributed by atoms with Crippen LogP contribution in [-0.2, 0) is 10.2 Å². The minimum atomic E-state index is -0.434. The van der Waals surface area contributed by atoms with Crippen LogP contribution >= 0.6 is 15.9 Å². The Balaban J connectivity index is 2.42. The van der Waals surface area contributed by atoms with E-state index in [0.717, 1.165) is 35.7 Å². The van der Waals surface area contributed by atoms with Crippen LogP contribution in [0.25, 0.3) is 0 Å². The summed E-state index contributed by atoms with van der Waals surface area (Å²) in [6.45, 7) is 0. The molecule has 3 N–H and O–H groups in total. The summed E-state index contributed by atoms with van der Waals surface area (Å²) in [6, 6.07) is 7.99. The van der Waals surface area contributed by atoms with E-state index in [9.17, 15) is 4.79 Å². The van der Waals surface area contributed by atoms with Crippen LogP contribution in [0.1, 0.15) is 37.7 Å². The molecule has 0 heterocycles. The molecule has 92 valence electrons. The Labute approximate surface area is 110 Å². The molecule has 1 aromatic rings. The number of hydrazine groups is 1. The molecular weight excluding hydrogens is 280 g/mol. The number of carbonyl (C=O) groups excluding carboxylic acids is 1. The molecule has 0 bridgehead atoms. The first kappa shape index (κ1) is 12.6. The number of nitrogens with one attached hydrogen (secondary N) is 1. The Morgan fingerprint density at radius 2 is 2.00 bits per heavy atom. The minimum Gasteiger partial charge on any atom is -0.293 e. The van der Waals surface area contributed by atoms with Gasteiger partial charge in [-0.25, -0.2) is 5.84 Å². The van der Waals surface area contributed by atoms with Gasteiger partial charge in [0.15, 0.2) is 0 Å². The summed E-state index contributed by atoms with van der Waals surface area (Å²) in [4.78, 5) is 12.1. The first-order valence-corrected chi connectivity index (χ1v) is 6.75. The van der Waals surface area contributed by atoms with Crippen molar-refractivity contribution in [2.24, 2.45) is 5.84 Å². The van der Waals surface area contributed by atoms with Crippen LogP contribution in [0.4, 0.5) is 0 Å². The quantitative estimate of drug-likeness (QED) is 0.501. The fourth-order valence-corrected chi connectivity index (χ4v) is 3.13. The zero-order valence-electron chi connectivity index (χ0n) is 9.71. The Morgan fingerprint density at radius 1 is 1.29 bits per heavy atom. The van der Waals surface area contributed by atoms with Crippen LogP contribution in [0.15, 0.2) is 28.7 Å². The molecule has 0 spiro atoms. The van der Waals surface area contributed by atoms with Crippen molar-refractivity contribution in [2.45, 2.75) is 37.5 Å². The molecular formula is C13H17BrN2O. The number of hydrogen-bond acceptors (Lipinski definition) is 2. The number of benzene rings is 1. The average Bonchev–Trinajstić information content (AvgIpc) is 2.38. The monoisotopic (exact) mass is 296 g/mol. The maximum Gasteiger partial charge on any atom is 0.244 e. The fourth-order valence-electron chi connectivity index (χ4n) is 2.73. The molecule has 0 saturated heterocycles. The highest BCUT2D eigenvalue weighted by Crippen LogP contribution is 2.40. The molecule has 0 aromatic heterocycles. The second-order valence-corrected chi connectivity index (χ2v) is 5.54. The van der Waals surface area contributed by atoms with E-state index >= 15 is 0 Å². The lowest BCUT2D eigenvalue weighted by molar-refractivity contribution is -0.128. The largest absolute Gasteiger partial charge is 0.293 e. The van der Waals surface area contributed by atoms with Crippen molar-refractivity contribution in [3.05, 3.63) is 34.3 Å². The predicted molar refractivity (Wildman–Crippen MR) is 71.2 cm³/mol. The van der Waals surface area contributed by atoms with Crippen molar-refractivity contribution in [1.29, 1.82) is 0 Å². The van der Waals surface area contributed by atoms with Crippen molar-refractivity contribution in [3.63, 3.8) is 0 Å². The van der Waals surface area contributed by atoms with Gasteiger partial charge >= 0.3 is 0 Å². The fraction of sp³-hybridized carbons (Fsp3) is 0.462. The van der Waals surface area contributed by atoms with Gasteiger partial charge in [0.05, 0.1) is 5.41 Å². The second-order valence-electron chi connectivity index (χ2n) is 4.63. The summed E-state index contributed by atoms with van der Waals surface area (Å²) in [7, 11) is 0. The zero-order chi connectivity index (χ0) is 12.3. The smallest absolute Gasteiger partial charge is 0.244 e. The van der Waals surface area contributed by atoms with E-state index in [0.29, 0.717) is 0 Å². The number of hydrogen-bond donors (Lipinski definition) is 2. The van der Waals surface area contributed by atoms with Crippen molar-refractivity contribution in [3.8, 4) is 0 Å². The summed E-state index contributed by atoms with van der Waals surface area (Å²) >= 11 is 3.46. The summed E-state index contributed by atoms with van der Waals surface area (Å²) in [5.41, 5.74) is 2.97. The van der Waals surface area contributed by atoms with Crippen LogP contribution in [0.3, 0.4) is 0 Å². The third kappa shape index (κ3) is 2.38. The molecule has 4 heteroatoms. The third-order valence-corrected chi connectivity index (χ3v) is 4.14. The van der Waals surface area contributed by atoms with E-state index in [4.69, 9.17) is 5.84 Å². The van der Waals surface area contributed by atoms with Crippen LogP contribution in [0.5, 0.6) is 0 Å². The maximum absolute atomic E-state index is 12.1. The highest BCUT2D eigenvalue weighted by molar-refractivity contribution is 9.10. The summed E-state index contributed by atoms with van der Waals surface area (Å²) < 4.78 is 1.00. The lowest BCUT2D eigenvalue weighted by atomic mass is 9.69. The summed E-state index contributed by atoms with van der Waals surface area (Å²) in [6.07, 6.45) is 5.13. The first-order valence-electron chi connectivity index (χ1n) is 5.96. The minimum absolute atomic E-state index is 0.0599. The number of amides is 1. The van der Waals surface area contributed by atoms with Gasteiger partial charge in [0.1, 0.15) is 0 Å². The summed E-state index contributed by atoms with van der Waals surface area (Å²) in [5.74, 6) is 5.29. The van der Waals surface area contributed by atoms with Gasteiger partial charge in [0.2, 0.25) is 5.91 Å². The van der Waals surface area contributed by atoms with E-state index < -0.39 is 5.41 Å². The van der Waals surface area contributed by atoms with Gasteiger partial charge < -0.3 is 0 Å². The van der Waals surface area contributed by atoms with E-state index in [2.05, 4.69) is 21.4 Å². The SMILES string of the molecule is NNC(=O)C1(c2cccc(Br)c2)CCCCC1. The molecule has 2 rings (SSSR count). The van der Waals surface area contributed by atoms with Gasteiger partial charge in [-0.2, -0.15) is 0 Å². The van der Waals surface area contributed by atoms with Crippen LogP contribution in [-0.4, -0.2) is 5.91 Å². The van der Waals surface area contributed by atoms with Gasteiger partial charge in [-0.15, -0.1) is 0 Å². The van der Waals surface area contributed by atoms with Gasteiger partial charge in [0, 0.05) is 4.47 Å². The lowest BCUT2D eigenvalue weighted by Crippen LogP contribution is -2.48. The van der Waals surface area contributed by atoms with Crippen LogP contribution in [0.2, 0.25) is 0 Å². The van der Waals surface area contributed by atoms with Crippen molar-refractivity contribution >= 4 is 21.8 Å². The van der Waals surface area contributed by atoms with Crippen LogP contribution < -0.4 is 11.3 Å². The Kier molecular flexibility index (Phi) is 3.84. The topological polar surface area (TPSA) is 55.1 Å². The average molecular weight is 297 g/mol. The zero-order valence-corrected chi connectivity index (χ0v) is 11.3. The molecule has 1 aliphatic rings. The third-order valence-electron chi connectivity index (χ3n) is 3.65. The van der Waals surface area contributed by atoms with E-state index in [1.807, 2.05) is 24.3 Å². The Morgan fingerprint density at radius 3 is 2.59 bits per heavy atom. The molecule has 1 amide bonds. The number of carbonyl (C=O) groups is 1. The van der Waals surface area contributed by atoms with Gasteiger partial charge in [-0.3, -0.25) is 10.2 Å². The van der Waals surface area contributed by atoms with Crippen molar-refractivity contribution in [2.75, 3.05) is 0 Å². The predicted octanol–water partition coefficient (Wildman–Crippen LogP) is 2.64. The molecule has 1 aromatic carbocycles. The highest BCUT2D eigenvalue weighted by Gasteiger charge is 2.40. The maximum atomic E-state index is 12.1. The molecule has 1 fully saturated rings. The van der Waals surface area contributed by atoms with Crippen molar-refractivity contribution < 1.29 is 4.79 Å². The van der Waals surface area contributed by atoms with Gasteiger partial charge in [-0.05, 0) is 30.5 Å². The van der Waals surface area contributed by atoms with E-state index in [1.165, 1.54) is 6.42 Å². The molecule has 0 aliphatic heterocycles. The standard InChI is InChI=1S/C13H17BrN2O/c14-11-6-4-5-10(9-11)13(12(17)16-15)7-2-1-3-8-13/h4-6,9H,1-3,7-8,15H2,(H,16,17). The van der Waals surface area contributed by atoms with E-state index in [-0.39, 0.29) is 5.91 Å². The molecule has 1 aliphatic carbocycles. The number of rotatable bonds is 2. The lowest BCUT2D eigenvalue weighted by Gasteiger charge is -2.35. The molecule has 0 unspecified atom stereocenters. The molecule has 3 nitrogen and oxygen atoms in total. The number of nitrogens with two attached hydrogens (primary N) is 1. The molecule has 0 atom stereocenters. The second kappa shape index (κ2) is 5.19. The van der Waals surface area contributed by atoms with Gasteiger partial charge in [0.25, 0.3) is 0 Å². The molecule has 0 radical (unpaired) electrons. The number of halogens is 1. The summed E-state index contributed by atoms with van der Waals surface area (Å²) in [5, 5.41) is 0. The Bertz CT molecular complexity index is 414. The Hall–Kier alpha value is -0.870. The van der Waals surface area contributed by atoms with Crippen molar-refractivity contribution in [1.82, 2.24) is 5.43 Å². The molecule has 1 saturated carbocycles. The van der Waals surface area contributed by atoms with Crippen LogP contribution in [0, 0.1) is 0 Å². The molecule has 17 heavy (non-hydrogen) atoms. The van der Waals surface area contributed by atoms with Gasteiger partial charge in [-0.1, -0.05) is 47.3 Å². The van der Waals surface area contributed by atoms with E-state index in [1.54, 1.807) is 0 Å².